The average molecular weight is 340 g/mol. The van der Waals surface area contributed by atoms with Crippen LogP contribution < -0.4 is 4.90 Å². The first-order valence-electron chi connectivity index (χ1n) is 9.48. The Morgan fingerprint density at radius 3 is 2.36 bits per heavy atom. The van der Waals surface area contributed by atoms with E-state index in [1.165, 1.54) is 48.4 Å². The van der Waals surface area contributed by atoms with Crippen LogP contribution in [0.25, 0.3) is 0 Å². The third-order valence-corrected chi connectivity index (χ3v) is 5.11. The third kappa shape index (κ3) is 5.15. The number of likely N-dealkylation sites (tertiary alicyclic amines) is 1. The van der Waals surface area contributed by atoms with Crippen LogP contribution in [0.1, 0.15) is 42.1 Å². The number of rotatable bonds is 7. The van der Waals surface area contributed by atoms with Crippen LogP contribution in [0.4, 0.5) is 0 Å². The summed E-state index contributed by atoms with van der Waals surface area (Å²) < 4.78 is 6.24. The molecule has 1 heterocycles. The molecule has 2 aromatic rings. The normalized spacial score (nSPS) is 18.0. The molecule has 0 spiro atoms. The zero-order valence-corrected chi connectivity index (χ0v) is 15.2. The second-order valence-corrected chi connectivity index (χ2v) is 7.15. The van der Waals surface area contributed by atoms with Gasteiger partial charge in [0.25, 0.3) is 0 Å². The molecule has 1 aliphatic rings. The van der Waals surface area contributed by atoms with Crippen molar-refractivity contribution in [3.63, 3.8) is 0 Å². The van der Waals surface area contributed by atoms with Crippen LogP contribution in [-0.4, -0.2) is 37.5 Å². The molecule has 3 nitrogen and oxygen atoms in total. The van der Waals surface area contributed by atoms with Gasteiger partial charge in [-0.15, -0.1) is 0 Å². The van der Waals surface area contributed by atoms with Gasteiger partial charge < -0.3 is 14.7 Å². The summed E-state index contributed by atoms with van der Waals surface area (Å²) in [5.41, 5.74) is 3.52. The van der Waals surface area contributed by atoms with Gasteiger partial charge in [-0.3, -0.25) is 0 Å². The largest absolute Gasteiger partial charge is 0.385 e. The van der Waals surface area contributed by atoms with E-state index in [4.69, 9.17) is 4.74 Å². The first kappa shape index (κ1) is 18.1. The quantitative estimate of drug-likeness (QED) is 0.812. The number of nitrogens with one attached hydrogen (secondary N) is 1. The molecule has 0 amide bonds. The number of hydrogen-bond donors (Lipinski definition) is 2. The molecule has 0 radical (unpaired) electrons. The Balaban J connectivity index is 1.67. The molecular formula is C22H30NO2+. The molecule has 0 unspecified atom stereocenters. The summed E-state index contributed by atoms with van der Waals surface area (Å²) in [5, 5.41) is 10.5. The number of piperidine rings is 1. The molecule has 134 valence electrons. The summed E-state index contributed by atoms with van der Waals surface area (Å²) in [6.45, 7) is 5.63. The van der Waals surface area contributed by atoms with Crippen molar-refractivity contribution < 1.29 is 14.7 Å². The lowest BCUT2D eigenvalue weighted by Gasteiger charge is -2.27. The van der Waals surface area contributed by atoms with Crippen molar-refractivity contribution >= 4 is 0 Å². The molecule has 2 N–H and O–H groups in total. The number of aryl methyl sites for hydroxylation is 1. The number of ether oxygens (including phenoxy) is 1. The topological polar surface area (TPSA) is 33.9 Å². The summed E-state index contributed by atoms with van der Waals surface area (Å²) >= 11 is 0. The highest BCUT2D eigenvalue weighted by molar-refractivity contribution is 5.35. The van der Waals surface area contributed by atoms with Gasteiger partial charge in [0.1, 0.15) is 18.8 Å². The van der Waals surface area contributed by atoms with E-state index in [1.54, 1.807) is 0 Å². The Hall–Kier alpha value is -1.68. The van der Waals surface area contributed by atoms with Gasteiger partial charge in [-0.05, 0) is 42.9 Å². The van der Waals surface area contributed by atoms with Gasteiger partial charge in [0, 0.05) is 0 Å². The Morgan fingerprint density at radius 2 is 1.64 bits per heavy atom. The lowest BCUT2D eigenvalue weighted by Crippen LogP contribution is -3.14. The first-order chi connectivity index (χ1) is 12.2. The fourth-order valence-electron chi connectivity index (χ4n) is 3.73. The molecule has 25 heavy (non-hydrogen) atoms. The molecule has 0 aliphatic carbocycles. The van der Waals surface area contributed by atoms with Crippen molar-refractivity contribution in [3.8, 4) is 0 Å². The maximum atomic E-state index is 10.5. The van der Waals surface area contributed by atoms with Crippen molar-refractivity contribution in [1.82, 2.24) is 0 Å². The number of aliphatic hydroxyl groups excluding tert-OH is 1. The third-order valence-electron chi connectivity index (χ3n) is 5.11. The summed E-state index contributed by atoms with van der Waals surface area (Å²) in [5.74, 6) is 0. The summed E-state index contributed by atoms with van der Waals surface area (Å²) in [6.07, 6.45) is 3.34. The zero-order chi connectivity index (χ0) is 17.5. The number of hydrogen-bond acceptors (Lipinski definition) is 2. The predicted octanol–water partition coefficient (Wildman–Crippen LogP) is 2.53. The van der Waals surface area contributed by atoms with E-state index >= 15 is 0 Å². The SMILES string of the molecule is Cc1ccccc1[C@@H](OC[C@H](O)C[NH+]1CCCCC1)c1ccccc1. The number of benzene rings is 2. The van der Waals surface area contributed by atoms with Crippen LogP contribution in [-0.2, 0) is 4.74 Å². The Kier molecular flexibility index (Phi) is 6.62. The van der Waals surface area contributed by atoms with Crippen molar-refractivity contribution in [2.45, 2.75) is 38.4 Å². The van der Waals surface area contributed by atoms with E-state index in [-0.39, 0.29) is 6.10 Å². The fourth-order valence-corrected chi connectivity index (χ4v) is 3.73. The molecule has 3 rings (SSSR count). The van der Waals surface area contributed by atoms with Crippen molar-refractivity contribution in [2.75, 3.05) is 26.2 Å². The maximum absolute atomic E-state index is 10.5. The van der Waals surface area contributed by atoms with Gasteiger partial charge in [0.05, 0.1) is 19.7 Å². The predicted molar refractivity (Wildman–Crippen MR) is 101 cm³/mol. The highest BCUT2D eigenvalue weighted by atomic mass is 16.5. The first-order valence-corrected chi connectivity index (χ1v) is 9.48. The minimum atomic E-state index is -0.414. The van der Waals surface area contributed by atoms with E-state index in [9.17, 15) is 5.11 Å². The standard InChI is InChI=1S/C22H29NO2/c1-18-10-6-7-13-21(18)22(19-11-4-2-5-12-19)25-17-20(24)16-23-14-8-3-9-15-23/h2,4-7,10-13,20,22,24H,3,8-9,14-17H2,1H3/p+1/t20-,22+/m1/s1. The highest BCUT2D eigenvalue weighted by Gasteiger charge is 2.21. The molecule has 2 aromatic carbocycles. The van der Waals surface area contributed by atoms with Crippen molar-refractivity contribution in [3.05, 3.63) is 71.3 Å². The lowest BCUT2D eigenvalue weighted by molar-refractivity contribution is -0.908. The van der Waals surface area contributed by atoms with Gasteiger partial charge in [-0.25, -0.2) is 0 Å². The number of aliphatic hydroxyl groups is 1. The van der Waals surface area contributed by atoms with Gasteiger partial charge >= 0.3 is 0 Å². The molecule has 1 saturated heterocycles. The van der Waals surface area contributed by atoms with E-state index in [1.807, 2.05) is 18.2 Å². The molecular weight excluding hydrogens is 310 g/mol. The van der Waals surface area contributed by atoms with Crippen LogP contribution in [0, 0.1) is 6.92 Å². The number of quaternary nitrogens is 1. The monoisotopic (exact) mass is 340 g/mol. The molecule has 1 fully saturated rings. The Labute approximate surface area is 151 Å². The van der Waals surface area contributed by atoms with Gasteiger partial charge in [-0.1, -0.05) is 54.6 Å². The minimum Gasteiger partial charge on any atom is -0.385 e. The van der Waals surface area contributed by atoms with Crippen LogP contribution in [0.3, 0.4) is 0 Å². The maximum Gasteiger partial charge on any atom is 0.126 e. The van der Waals surface area contributed by atoms with Gasteiger partial charge in [0.15, 0.2) is 0 Å². The second kappa shape index (κ2) is 9.14. The summed E-state index contributed by atoms with van der Waals surface area (Å²) in [6, 6.07) is 18.6. The van der Waals surface area contributed by atoms with Crippen LogP contribution >= 0.6 is 0 Å². The summed E-state index contributed by atoms with van der Waals surface area (Å²) in [4.78, 5) is 1.51. The molecule has 2 atom stereocenters. The van der Waals surface area contributed by atoms with E-state index in [0.717, 1.165) is 12.1 Å². The van der Waals surface area contributed by atoms with Crippen molar-refractivity contribution in [1.29, 1.82) is 0 Å². The second-order valence-electron chi connectivity index (χ2n) is 7.15. The molecule has 0 aromatic heterocycles. The van der Waals surface area contributed by atoms with E-state index in [2.05, 4.69) is 43.3 Å². The fraction of sp³-hybridized carbons (Fsp3) is 0.455. The average Bonchev–Trinajstić information content (AvgIpc) is 2.65. The zero-order valence-electron chi connectivity index (χ0n) is 15.2. The molecule has 3 heteroatoms. The van der Waals surface area contributed by atoms with Crippen LogP contribution in [0.2, 0.25) is 0 Å². The molecule has 0 bridgehead atoms. The lowest BCUT2D eigenvalue weighted by atomic mass is 9.97. The van der Waals surface area contributed by atoms with E-state index < -0.39 is 6.10 Å². The smallest absolute Gasteiger partial charge is 0.126 e. The Bertz CT molecular complexity index is 637. The molecule has 1 aliphatic heterocycles. The minimum absolute atomic E-state index is 0.131. The van der Waals surface area contributed by atoms with Crippen LogP contribution in [0.15, 0.2) is 54.6 Å². The highest BCUT2D eigenvalue weighted by Crippen LogP contribution is 2.28. The summed E-state index contributed by atoms with van der Waals surface area (Å²) in [7, 11) is 0. The van der Waals surface area contributed by atoms with Crippen molar-refractivity contribution in [2.24, 2.45) is 0 Å². The molecule has 0 saturated carbocycles. The Morgan fingerprint density at radius 1 is 0.960 bits per heavy atom. The van der Waals surface area contributed by atoms with Gasteiger partial charge in [0.2, 0.25) is 0 Å². The van der Waals surface area contributed by atoms with E-state index in [0.29, 0.717) is 6.61 Å². The van der Waals surface area contributed by atoms with Crippen LogP contribution in [0.5, 0.6) is 0 Å². The van der Waals surface area contributed by atoms with Gasteiger partial charge in [-0.2, -0.15) is 0 Å².